The summed E-state index contributed by atoms with van der Waals surface area (Å²) in [6.07, 6.45) is 2.88. The molecule has 1 aliphatic rings. The van der Waals surface area contributed by atoms with Crippen LogP contribution in [0.2, 0.25) is 0 Å². The third kappa shape index (κ3) is 2.64. The third-order valence-corrected chi connectivity index (χ3v) is 3.32. The summed E-state index contributed by atoms with van der Waals surface area (Å²) in [5.74, 6) is -0.598. The van der Waals surface area contributed by atoms with Crippen LogP contribution >= 0.6 is 0 Å². The standard InChI is InChI=1S/C13H17FN2O/c1-8-5-6-9(7-10(8)14)13(17)16-12-4-2-3-11(12)15/h5-7,11-12H,2-4,15H2,1H3,(H,16,17). The minimum Gasteiger partial charge on any atom is -0.348 e. The minimum atomic E-state index is -0.353. The number of halogens is 1. The Bertz CT molecular complexity index is 433. The van der Waals surface area contributed by atoms with Gasteiger partial charge in [-0.05, 0) is 43.9 Å². The number of hydrogen-bond donors (Lipinski definition) is 2. The highest BCUT2D eigenvalue weighted by Crippen LogP contribution is 2.18. The molecule has 1 amide bonds. The second-order valence-corrected chi connectivity index (χ2v) is 4.64. The van der Waals surface area contributed by atoms with Crippen molar-refractivity contribution in [3.63, 3.8) is 0 Å². The van der Waals surface area contributed by atoms with Crippen LogP contribution in [0.1, 0.15) is 35.2 Å². The van der Waals surface area contributed by atoms with Crippen LogP contribution in [-0.4, -0.2) is 18.0 Å². The third-order valence-electron chi connectivity index (χ3n) is 3.32. The molecule has 2 atom stereocenters. The molecule has 0 aromatic heterocycles. The van der Waals surface area contributed by atoms with Gasteiger partial charge in [-0.15, -0.1) is 0 Å². The number of carbonyl (C=O) groups is 1. The number of carbonyl (C=O) groups excluding carboxylic acids is 1. The monoisotopic (exact) mass is 236 g/mol. The molecule has 1 aliphatic carbocycles. The molecular formula is C13H17FN2O. The van der Waals surface area contributed by atoms with E-state index in [1.54, 1.807) is 19.1 Å². The zero-order chi connectivity index (χ0) is 12.4. The molecule has 1 saturated carbocycles. The van der Waals surface area contributed by atoms with Gasteiger partial charge in [0.2, 0.25) is 0 Å². The molecule has 0 radical (unpaired) electrons. The molecule has 0 heterocycles. The molecule has 92 valence electrons. The van der Waals surface area contributed by atoms with Crippen LogP contribution in [0.4, 0.5) is 4.39 Å². The topological polar surface area (TPSA) is 55.1 Å². The van der Waals surface area contributed by atoms with E-state index >= 15 is 0 Å². The molecule has 3 N–H and O–H groups in total. The highest BCUT2D eigenvalue weighted by atomic mass is 19.1. The lowest BCUT2D eigenvalue weighted by Gasteiger charge is -2.17. The summed E-state index contributed by atoms with van der Waals surface area (Å²) in [4.78, 5) is 11.9. The van der Waals surface area contributed by atoms with Gasteiger partial charge in [0.15, 0.2) is 0 Å². The average Bonchev–Trinajstić information content (AvgIpc) is 2.68. The van der Waals surface area contributed by atoms with Crippen molar-refractivity contribution in [3.8, 4) is 0 Å². The summed E-state index contributed by atoms with van der Waals surface area (Å²) in [7, 11) is 0. The van der Waals surface area contributed by atoms with Crippen molar-refractivity contribution in [1.29, 1.82) is 0 Å². The fraction of sp³-hybridized carbons (Fsp3) is 0.462. The molecule has 3 nitrogen and oxygen atoms in total. The summed E-state index contributed by atoms with van der Waals surface area (Å²) in [5, 5.41) is 2.86. The largest absolute Gasteiger partial charge is 0.348 e. The molecule has 0 bridgehead atoms. The molecule has 17 heavy (non-hydrogen) atoms. The Morgan fingerprint density at radius 3 is 2.82 bits per heavy atom. The minimum absolute atomic E-state index is 0.0202. The van der Waals surface area contributed by atoms with Crippen LogP contribution in [0.15, 0.2) is 18.2 Å². The Balaban J connectivity index is 2.06. The van der Waals surface area contributed by atoms with Crippen LogP contribution < -0.4 is 11.1 Å². The number of rotatable bonds is 2. The zero-order valence-corrected chi connectivity index (χ0v) is 9.87. The first-order valence-electron chi connectivity index (χ1n) is 5.90. The lowest BCUT2D eigenvalue weighted by atomic mass is 10.1. The number of hydrogen-bond acceptors (Lipinski definition) is 2. The molecule has 2 unspecified atom stereocenters. The maximum Gasteiger partial charge on any atom is 0.251 e. The van der Waals surface area contributed by atoms with Crippen molar-refractivity contribution in [2.45, 2.75) is 38.3 Å². The van der Waals surface area contributed by atoms with Crippen LogP contribution in [0.3, 0.4) is 0 Å². The Morgan fingerprint density at radius 2 is 2.24 bits per heavy atom. The molecule has 1 aromatic carbocycles. The van der Waals surface area contributed by atoms with Crippen molar-refractivity contribution in [1.82, 2.24) is 5.32 Å². The molecular weight excluding hydrogens is 219 g/mol. The summed E-state index contributed by atoms with van der Waals surface area (Å²) in [6, 6.07) is 4.55. The van der Waals surface area contributed by atoms with Crippen molar-refractivity contribution in [3.05, 3.63) is 35.1 Å². The van der Waals surface area contributed by atoms with Gasteiger partial charge in [0.1, 0.15) is 5.82 Å². The van der Waals surface area contributed by atoms with E-state index in [0.29, 0.717) is 11.1 Å². The van der Waals surface area contributed by atoms with Gasteiger partial charge in [-0.2, -0.15) is 0 Å². The molecule has 0 saturated heterocycles. The van der Waals surface area contributed by atoms with Gasteiger partial charge in [-0.1, -0.05) is 6.07 Å². The van der Waals surface area contributed by atoms with Crippen LogP contribution in [0.25, 0.3) is 0 Å². The van der Waals surface area contributed by atoms with E-state index in [1.807, 2.05) is 0 Å². The number of aryl methyl sites for hydroxylation is 1. The molecule has 1 fully saturated rings. The van der Waals surface area contributed by atoms with E-state index in [2.05, 4.69) is 5.32 Å². The van der Waals surface area contributed by atoms with Gasteiger partial charge in [-0.3, -0.25) is 4.79 Å². The lowest BCUT2D eigenvalue weighted by Crippen LogP contribution is -2.43. The first-order valence-corrected chi connectivity index (χ1v) is 5.90. The fourth-order valence-electron chi connectivity index (χ4n) is 2.15. The van der Waals surface area contributed by atoms with Crippen molar-refractivity contribution >= 4 is 5.91 Å². The normalized spacial score (nSPS) is 23.7. The lowest BCUT2D eigenvalue weighted by molar-refractivity contribution is 0.0934. The number of benzene rings is 1. The summed E-state index contributed by atoms with van der Waals surface area (Å²) in [5.41, 5.74) is 6.77. The second kappa shape index (κ2) is 4.84. The average molecular weight is 236 g/mol. The van der Waals surface area contributed by atoms with E-state index in [-0.39, 0.29) is 23.8 Å². The van der Waals surface area contributed by atoms with E-state index in [1.165, 1.54) is 6.07 Å². The predicted octanol–water partition coefficient (Wildman–Crippen LogP) is 1.74. The number of amides is 1. The van der Waals surface area contributed by atoms with Gasteiger partial charge < -0.3 is 11.1 Å². The number of nitrogens with two attached hydrogens (primary N) is 1. The highest BCUT2D eigenvalue weighted by Gasteiger charge is 2.25. The van der Waals surface area contributed by atoms with Crippen LogP contribution in [-0.2, 0) is 0 Å². The fourth-order valence-corrected chi connectivity index (χ4v) is 2.15. The summed E-state index contributed by atoms with van der Waals surface area (Å²) < 4.78 is 13.3. The van der Waals surface area contributed by atoms with Crippen LogP contribution in [0.5, 0.6) is 0 Å². The maximum atomic E-state index is 13.3. The van der Waals surface area contributed by atoms with Crippen molar-refractivity contribution in [2.24, 2.45) is 5.73 Å². The Morgan fingerprint density at radius 1 is 1.47 bits per heavy atom. The van der Waals surface area contributed by atoms with Crippen LogP contribution in [0, 0.1) is 12.7 Å². The second-order valence-electron chi connectivity index (χ2n) is 4.64. The number of nitrogens with one attached hydrogen (secondary N) is 1. The van der Waals surface area contributed by atoms with Gasteiger partial charge in [0, 0.05) is 17.6 Å². The Labute approximate surface area is 100 Å². The summed E-state index contributed by atoms with van der Waals surface area (Å²) >= 11 is 0. The molecule has 2 rings (SSSR count). The SMILES string of the molecule is Cc1ccc(C(=O)NC2CCCC2N)cc1F. The van der Waals surface area contributed by atoms with E-state index < -0.39 is 0 Å². The smallest absolute Gasteiger partial charge is 0.251 e. The first-order chi connectivity index (χ1) is 8.08. The molecule has 1 aromatic rings. The van der Waals surface area contributed by atoms with Gasteiger partial charge in [0.25, 0.3) is 5.91 Å². The Kier molecular flexibility index (Phi) is 3.43. The molecule has 0 aliphatic heterocycles. The van der Waals surface area contributed by atoms with E-state index in [4.69, 9.17) is 5.73 Å². The highest BCUT2D eigenvalue weighted by molar-refractivity contribution is 5.94. The van der Waals surface area contributed by atoms with Crippen molar-refractivity contribution < 1.29 is 9.18 Å². The zero-order valence-electron chi connectivity index (χ0n) is 9.87. The van der Waals surface area contributed by atoms with E-state index in [0.717, 1.165) is 19.3 Å². The summed E-state index contributed by atoms with van der Waals surface area (Å²) in [6.45, 7) is 1.67. The maximum absolute atomic E-state index is 13.3. The van der Waals surface area contributed by atoms with E-state index in [9.17, 15) is 9.18 Å². The Hall–Kier alpha value is -1.42. The quantitative estimate of drug-likeness (QED) is 0.821. The van der Waals surface area contributed by atoms with Gasteiger partial charge in [0.05, 0.1) is 0 Å². The molecule has 0 spiro atoms. The first kappa shape index (κ1) is 12.0. The van der Waals surface area contributed by atoms with Gasteiger partial charge >= 0.3 is 0 Å². The molecule has 4 heteroatoms. The van der Waals surface area contributed by atoms with Gasteiger partial charge in [-0.25, -0.2) is 4.39 Å². The van der Waals surface area contributed by atoms with Crippen molar-refractivity contribution in [2.75, 3.05) is 0 Å². The predicted molar refractivity (Wildman–Crippen MR) is 64.2 cm³/mol.